The number of carbonyl (C=O) groups is 1. The molecule has 3 rings (SSSR count). The van der Waals surface area contributed by atoms with Crippen LogP contribution in [0.5, 0.6) is 11.5 Å². The number of nitrogen functional groups attached to an aromatic ring is 1. The van der Waals surface area contributed by atoms with Crippen molar-refractivity contribution in [3.8, 4) is 22.8 Å². The summed E-state index contributed by atoms with van der Waals surface area (Å²) in [6.07, 6.45) is 0.282. The number of pyridine rings is 1. The Kier molecular flexibility index (Phi) is 7.51. The first-order chi connectivity index (χ1) is 15.4. The molecule has 1 heterocycles. The van der Waals surface area contributed by atoms with E-state index < -0.39 is 0 Å². The monoisotopic (exact) mass is 436 g/mol. The van der Waals surface area contributed by atoms with E-state index in [1.165, 1.54) is 0 Å². The van der Waals surface area contributed by atoms with Gasteiger partial charge < -0.3 is 30.5 Å². The zero-order valence-electron chi connectivity index (χ0n) is 18.5. The molecule has 1 aromatic heterocycles. The van der Waals surface area contributed by atoms with E-state index in [1.54, 1.807) is 32.4 Å². The summed E-state index contributed by atoms with van der Waals surface area (Å²) in [4.78, 5) is 18.2. The number of amides is 1. The van der Waals surface area contributed by atoms with Gasteiger partial charge in [-0.2, -0.15) is 0 Å². The Morgan fingerprint density at radius 3 is 2.47 bits per heavy atom. The second kappa shape index (κ2) is 10.5. The first kappa shape index (κ1) is 22.9. The van der Waals surface area contributed by atoms with Crippen molar-refractivity contribution < 1.29 is 19.4 Å². The summed E-state index contributed by atoms with van der Waals surface area (Å²) < 4.78 is 10.1. The number of aromatic nitrogens is 1. The molecule has 0 unspecified atom stereocenters. The van der Waals surface area contributed by atoms with Crippen LogP contribution in [-0.4, -0.2) is 43.9 Å². The summed E-state index contributed by atoms with van der Waals surface area (Å²) in [7, 11) is 5.12. The van der Waals surface area contributed by atoms with Gasteiger partial charge in [-0.3, -0.25) is 4.79 Å². The zero-order chi connectivity index (χ0) is 23.1. The predicted molar refractivity (Wildman–Crippen MR) is 125 cm³/mol. The minimum absolute atomic E-state index is 0.101. The molecule has 3 aromatic rings. The second-order valence-corrected chi connectivity index (χ2v) is 7.22. The zero-order valence-corrected chi connectivity index (χ0v) is 18.5. The Labute approximate surface area is 187 Å². The average molecular weight is 437 g/mol. The van der Waals surface area contributed by atoms with Crippen molar-refractivity contribution in [2.45, 2.75) is 13.0 Å². The summed E-state index contributed by atoms with van der Waals surface area (Å²) in [5.41, 5.74) is 9.76. The van der Waals surface area contributed by atoms with Crippen LogP contribution >= 0.6 is 0 Å². The number of ether oxygens (including phenoxy) is 2. The lowest BCUT2D eigenvalue weighted by Gasteiger charge is -2.21. The SMILES string of the molecule is COCCC(=O)NCc1ccc(-c2cc(N(C)c3ccc(OC)cc3)ccc2O)nc1N. The fraction of sp³-hybridized carbons (Fsp3) is 0.250. The third-order valence-corrected chi connectivity index (χ3v) is 5.12. The summed E-state index contributed by atoms with van der Waals surface area (Å²) >= 11 is 0. The normalized spacial score (nSPS) is 10.6. The smallest absolute Gasteiger partial charge is 0.222 e. The molecular formula is C24H28N4O4. The van der Waals surface area contributed by atoms with Crippen LogP contribution in [-0.2, 0) is 16.1 Å². The fourth-order valence-electron chi connectivity index (χ4n) is 3.17. The molecule has 2 aromatic carbocycles. The number of methoxy groups -OCH3 is 2. The van der Waals surface area contributed by atoms with Gasteiger partial charge in [0.05, 0.1) is 19.4 Å². The minimum atomic E-state index is -0.123. The van der Waals surface area contributed by atoms with Gasteiger partial charge in [-0.15, -0.1) is 0 Å². The summed E-state index contributed by atoms with van der Waals surface area (Å²) in [5.74, 6) is 1.05. The van der Waals surface area contributed by atoms with E-state index in [2.05, 4.69) is 10.3 Å². The van der Waals surface area contributed by atoms with Crippen molar-refractivity contribution in [3.63, 3.8) is 0 Å². The summed E-state index contributed by atoms with van der Waals surface area (Å²) in [5, 5.41) is 13.2. The summed E-state index contributed by atoms with van der Waals surface area (Å²) in [6.45, 7) is 0.632. The molecule has 168 valence electrons. The van der Waals surface area contributed by atoms with Crippen LogP contribution < -0.4 is 20.7 Å². The fourth-order valence-corrected chi connectivity index (χ4v) is 3.17. The van der Waals surface area contributed by atoms with Crippen LogP contribution in [0.15, 0.2) is 54.6 Å². The van der Waals surface area contributed by atoms with Crippen LogP contribution in [0.4, 0.5) is 17.2 Å². The first-order valence-electron chi connectivity index (χ1n) is 10.1. The molecule has 0 saturated heterocycles. The Hall–Kier alpha value is -3.78. The van der Waals surface area contributed by atoms with E-state index in [0.717, 1.165) is 17.1 Å². The number of nitrogens with two attached hydrogens (primary N) is 1. The molecule has 0 radical (unpaired) electrons. The largest absolute Gasteiger partial charge is 0.507 e. The number of carbonyl (C=O) groups excluding carboxylic acids is 1. The predicted octanol–water partition coefficient (Wildman–Crippen LogP) is 3.47. The third kappa shape index (κ3) is 5.47. The number of aromatic hydroxyl groups is 1. The average Bonchev–Trinajstić information content (AvgIpc) is 2.81. The van der Waals surface area contributed by atoms with Crippen LogP contribution in [0.3, 0.4) is 0 Å². The minimum Gasteiger partial charge on any atom is -0.507 e. The van der Waals surface area contributed by atoms with Gasteiger partial charge in [0, 0.05) is 49.6 Å². The maximum absolute atomic E-state index is 11.8. The Balaban J connectivity index is 1.80. The van der Waals surface area contributed by atoms with Gasteiger partial charge in [0.25, 0.3) is 0 Å². The van der Waals surface area contributed by atoms with E-state index in [-0.39, 0.29) is 24.6 Å². The molecular weight excluding hydrogens is 408 g/mol. The highest BCUT2D eigenvalue weighted by atomic mass is 16.5. The van der Waals surface area contributed by atoms with Gasteiger partial charge >= 0.3 is 0 Å². The number of nitrogens with zero attached hydrogens (tertiary/aromatic N) is 2. The molecule has 0 atom stereocenters. The molecule has 0 aliphatic carbocycles. The van der Waals surface area contributed by atoms with Gasteiger partial charge in [0.2, 0.25) is 5.91 Å². The number of hydrogen-bond acceptors (Lipinski definition) is 7. The van der Waals surface area contributed by atoms with E-state index in [1.807, 2.05) is 48.3 Å². The van der Waals surface area contributed by atoms with Crippen LogP contribution in [0.2, 0.25) is 0 Å². The molecule has 0 bridgehead atoms. The van der Waals surface area contributed by atoms with Crippen molar-refractivity contribution in [2.75, 3.05) is 38.5 Å². The number of anilines is 3. The summed E-state index contributed by atoms with van der Waals surface area (Å²) in [6, 6.07) is 16.6. The quantitative estimate of drug-likeness (QED) is 0.471. The van der Waals surface area contributed by atoms with Crippen molar-refractivity contribution in [2.24, 2.45) is 0 Å². The van der Waals surface area contributed by atoms with Crippen LogP contribution in [0.1, 0.15) is 12.0 Å². The van der Waals surface area contributed by atoms with Gasteiger partial charge in [-0.25, -0.2) is 4.98 Å². The molecule has 1 amide bonds. The topological polar surface area (TPSA) is 110 Å². The molecule has 0 spiro atoms. The van der Waals surface area contributed by atoms with E-state index in [0.29, 0.717) is 29.2 Å². The molecule has 8 heteroatoms. The van der Waals surface area contributed by atoms with E-state index >= 15 is 0 Å². The highest BCUT2D eigenvalue weighted by molar-refractivity contribution is 5.77. The molecule has 4 N–H and O–H groups in total. The van der Waals surface area contributed by atoms with Crippen molar-refractivity contribution in [1.29, 1.82) is 0 Å². The van der Waals surface area contributed by atoms with Gasteiger partial charge in [0.15, 0.2) is 0 Å². The maximum atomic E-state index is 11.8. The molecule has 0 saturated carbocycles. The lowest BCUT2D eigenvalue weighted by molar-refractivity contribution is -0.122. The first-order valence-corrected chi connectivity index (χ1v) is 10.1. The molecule has 32 heavy (non-hydrogen) atoms. The number of hydrogen-bond donors (Lipinski definition) is 3. The Morgan fingerprint density at radius 2 is 1.81 bits per heavy atom. The molecule has 0 aliphatic rings. The standard InChI is InChI=1S/C24H28N4O4/c1-28(17-5-8-19(32-3)9-6-17)18-7-11-22(29)20(14-18)21-10-4-16(24(25)27-21)15-26-23(30)12-13-31-2/h4-11,14,29H,12-13,15H2,1-3H3,(H2,25,27)(H,26,30). The highest BCUT2D eigenvalue weighted by Gasteiger charge is 2.13. The van der Waals surface area contributed by atoms with Gasteiger partial charge in [-0.1, -0.05) is 6.07 Å². The lowest BCUT2D eigenvalue weighted by atomic mass is 10.1. The lowest BCUT2D eigenvalue weighted by Crippen LogP contribution is -2.24. The molecule has 0 fully saturated rings. The number of phenols is 1. The number of rotatable bonds is 9. The van der Waals surface area contributed by atoms with Crippen molar-refractivity contribution in [1.82, 2.24) is 10.3 Å². The van der Waals surface area contributed by atoms with Crippen molar-refractivity contribution in [3.05, 3.63) is 60.2 Å². The Bertz CT molecular complexity index is 1070. The molecule has 8 nitrogen and oxygen atoms in total. The maximum Gasteiger partial charge on any atom is 0.222 e. The molecule has 0 aliphatic heterocycles. The number of nitrogens with one attached hydrogen (secondary N) is 1. The van der Waals surface area contributed by atoms with Gasteiger partial charge in [0.1, 0.15) is 17.3 Å². The number of benzene rings is 2. The highest BCUT2D eigenvalue weighted by Crippen LogP contribution is 2.35. The van der Waals surface area contributed by atoms with Crippen LogP contribution in [0, 0.1) is 0 Å². The number of phenolic OH excluding ortho intramolecular Hbond substituents is 1. The van der Waals surface area contributed by atoms with E-state index in [4.69, 9.17) is 15.2 Å². The third-order valence-electron chi connectivity index (χ3n) is 5.12. The van der Waals surface area contributed by atoms with Crippen LogP contribution in [0.25, 0.3) is 11.3 Å². The van der Waals surface area contributed by atoms with Crippen molar-refractivity contribution >= 4 is 23.1 Å². The van der Waals surface area contributed by atoms with E-state index in [9.17, 15) is 9.90 Å². The second-order valence-electron chi connectivity index (χ2n) is 7.22. The van der Waals surface area contributed by atoms with Gasteiger partial charge in [-0.05, 0) is 48.5 Å². The Morgan fingerprint density at radius 1 is 1.09 bits per heavy atom.